The van der Waals surface area contributed by atoms with E-state index in [-0.39, 0.29) is 18.6 Å². The fraction of sp³-hybridized carbons (Fsp3) is 0.520. The van der Waals surface area contributed by atoms with E-state index >= 15 is 0 Å². The van der Waals surface area contributed by atoms with Gasteiger partial charge in [-0.25, -0.2) is 0 Å². The molecule has 1 unspecified atom stereocenters. The van der Waals surface area contributed by atoms with Gasteiger partial charge < -0.3 is 20.1 Å². The van der Waals surface area contributed by atoms with Gasteiger partial charge in [0.2, 0.25) is 0 Å². The Hall–Kier alpha value is -1.88. The summed E-state index contributed by atoms with van der Waals surface area (Å²) in [5.41, 5.74) is 5.02. The maximum atomic E-state index is 10.2. The SMILES string of the molecule is CCc1cc(CCCc2ccc(CO)c(CO)c2)ccc1OCC(O)C(C)(C)C. The summed E-state index contributed by atoms with van der Waals surface area (Å²) in [4.78, 5) is 0. The van der Waals surface area contributed by atoms with Gasteiger partial charge in [0, 0.05) is 0 Å². The van der Waals surface area contributed by atoms with E-state index in [0.29, 0.717) is 6.61 Å². The molecule has 2 aromatic carbocycles. The summed E-state index contributed by atoms with van der Waals surface area (Å²) in [6.45, 7) is 8.34. The normalized spacial score (nSPS) is 12.8. The van der Waals surface area contributed by atoms with Crippen LogP contribution in [0.3, 0.4) is 0 Å². The number of aliphatic hydroxyl groups excluding tert-OH is 3. The number of aliphatic hydroxyl groups is 3. The molecule has 0 spiro atoms. The summed E-state index contributed by atoms with van der Waals surface area (Å²) in [7, 11) is 0. The van der Waals surface area contributed by atoms with E-state index in [1.165, 1.54) is 16.7 Å². The van der Waals surface area contributed by atoms with Crippen LogP contribution in [-0.4, -0.2) is 28.0 Å². The molecular weight excluding hydrogens is 364 g/mol. The molecule has 0 saturated heterocycles. The van der Waals surface area contributed by atoms with Gasteiger partial charge in [-0.3, -0.25) is 0 Å². The van der Waals surface area contributed by atoms with Crippen LogP contribution in [0.4, 0.5) is 0 Å². The second-order valence-electron chi connectivity index (χ2n) is 8.76. The summed E-state index contributed by atoms with van der Waals surface area (Å²) in [5.74, 6) is 0.853. The molecule has 0 aliphatic rings. The average Bonchev–Trinajstić information content (AvgIpc) is 2.71. The van der Waals surface area contributed by atoms with Crippen molar-refractivity contribution in [3.8, 4) is 5.75 Å². The predicted molar refractivity (Wildman–Crippen MR) is 117 cm³/mol. The van der Waals surface area contributed by atoms with Crippen molar-refractivity contribution in [3.63, 3.8) is 0 Å². The minimum absolute atomic E-state index is 0.0445. The van der Waals surface area contributed by atoms with Gasteiger partial charge in [-0.1, -0.05) is 58.0 Å². The first-order chi connectivity index (χ1) is 13.8. The van der Waals surface area contributed by atoms with Gasteiger partial charge in [0.1, 0.15) is 12.4 Å². The van der Waals surface area contributed by atoms with E-state index in [0.717, 1.165) is 42.6 Å². The van der Waals surface area contributed by atoms with Crippen molar-refractivity contribution in [2.75, 3.05) is 6.61 Å². The highest BCUT2D eigenvalue weighted by Crippen LogP contribution is 2.25. The van der Waals surface area contributed by atoms with Crippen molar-refractivity contribution in [3.05, 3.63) is 64.2 Å². The Balaban J connectivity index is 1.95. The average molecular weight is 401 g/mol. The quantitative estimate of drug-likeness (QED) is 0.559. The molecule has 0 fully saturated rings. The maximum absolute atomic E-state index is 10.2. The van der Waals surface area contributed by atoms with Gasteiger partial charge in [0.25, 0.3) is 0 Å². The van der Waals surface area contributed by atoms with Crippen molar-refractivity contribution >= 4 is 0 Å². The smallest absolute Gasteiger partial charge is 0.122 e. The molecule has 2 aromatic rings. The molecule has 4 heteroatoms. The van der Waals surface area contributed by atoms with E-state index in [1.807, 2.05) is 45.0 Å². The van der Waals surface area contributed by atoms with Crippen LogP contribution in [0.15, 0.2) is 36.4 Å². The monoisotopic (exact) mass is 400 g/mol. The summed E-state index contributed by atoms with van der Waals surface area (Å²) >= 11 is 0. The molecule has 0 bridgehead atoms. The Labute approximate surface area is 175 Å². The minimum Gasteiger partial charge on any atom is -0.491 e. The molecule has 0 aliphatic heterocycles. The predicted octanol–water partition coefficient (Wildman–Crippen LogP) is 4.19. The van der Waals surface area contributed by atoms with Gasteiger partial charge in [-0.15, -0.1) is 0 Å². The second-order valence-corrected chi connectivity index (χ2v) is 8.76. The van der Waals surface area contributed by atoms with Gasteiger partial charge in [-0.2, -0.15) is 0 Å². The largest absolute Gasteiger partial charge is 0.491 e. The van der Waals surface area contributed by atoms with Gasteiger partial charge in [-0.05, 0) is 65.0 Å². The topological polar surface area (TPSA) is 69.9 Å². The van der Waals surface area contributed by atoms with E-state index in [1.54, 1.807) is 0 Å². The van der Waals surface area contributed by atoms with Crippen LogP contribution in [0.5, 0.6) is 5.75 Å². The van der Waals surface area contributed by atoms with Crippen LogP contribution in [-0.2, 0) is 32.5 Å². The molecule has 160 valence electrons. The van der Waals surface area contributed by atoms with Gasteiger partial charge >= 0.3 is 0 Å². The van der Waals surface area contributed by atoms with Crippen molar-refractivity contribution < 1.29 is 20.1 Å². The highest BCUT2D eigenvalue weighted by molar-refractivity contribution is 5.37. The Morgan fingerprint density at radius 1 is 0.862 bits per heavy atom. The number of benzene rings is 2. The number of rotatable bonds is 10. The van der Waals surface area contributed by atoms with Crippen molar-refractivity contribution in [1.29, 1.82) is 0 Å². The Morgan fingerprint density at radius 2 is 1.45 bits per heavy atom. The number of hydrogen-bond donors (Lipinski definition) is 3. The van der Waals surface area contributed by atoms with E-state index < -0.39 is 6.10 Å². The fourth-order valence-corrected chi connectivity index (χ4v) is 3.26. The second kappa shape index (κ2) is 10.8. The van der Waals surface area contributed by atoms with E-state index in [9.17, 15) is 15.3 Å². The molecule has 29 heavy (non-hydrogen) atoms. The molecular formula is C25H36O4. The molecule has 4 nitrogen and oxygen atoms in total. The standard InChI is InChI=1S/C25H36O4/c1-5-20-13-19(10-12-23(20)29-17-24(28)25(2,3)4)8-6-7-18-9-11-21(15-26)22(14-18)16-27/h9-14,24,26-28H,5-8,15-17H2,1-4H3. The molecule has 0 heterocycles. The number of aryl methyl sites for hydroxylation is 3. The third kappa shape index (κ3) is 6.84. The lowest BCUT2D eigenvalue weighted by molar-refractivity contribution is 0.0215. The van der Waals surface area contributed by atoms with Crippen LogP contribution < -0.4 is 4.74 Å². The summed E-state index contributed by atoms with van der Waals surface area (Å²) in [6, 6.07) is 12.2. The minimum atomic E-state index is -0.507. The third-order valence-electron chi connectivity index (χ3n) is 5.44. The van der Waals surface area contributed by atoms with Gasteiger partial charge in [0.05, 0.1) is 19.3 Å². The fourth-order valence-electron chi connectivity index (χ4n) is 3.26. The van der Waals surface area contributed by atoms with Crippen molar-refractivity contribution in [2.45, 2.75) is 72.7 Å². The zero-order valence-electron chi connectivity index (χ0n) is 18.2. The summed E-state index contributed by atoms with van der Waals surface area (Å²) in [6.07, 6.45) is 3.28. The first-order valence-corrected chi connectivity index (χ1v) is 10.5. The number of ether oxygens (including phenoxy) is 1. The summed E-state index contributed by atoms with van der Waals surface area (Å²) in [5, 5.41) is 29.0. The van der Waals surface area contributed by atoms with Crippen LogP contribution in [0.25, 0.3) is 0 Å². The lowest BCUT2D eigenvalue weighted by Gasteiger charge is -2.26. The van der Waals surface area contributed by atoms with Crippen LogP contribution in [0.2, 0.25) is 0 Å². The van der Waals surface area contributed by atoms with Crippen molar-refractivity contribution in [2.24, 2.45) is 5.41 Å². The molecule has 2 rings (SSSR count). The van der Waals surface area contributed by atoms with Crippen molar-refractivity contribution in [1.82, 2.24) is 0 Å². The third-order valence-corrected chi connectivity index (χ3v) is 5.44. The van der Waals surface area contributed by atoms with Crippen LogP contribution in [0.1, 0.15) is 61.9 Å². The van der Waals surface area contributed by atoms with Gasteiger partial charge in [0.15, 0.2) is 0 Å². The Bertz CT molecular complexity index is 777. The zero-order chi connectivity index (χ0) is 21.4. The molecule has 3 N–H and O–H groups in total. The first-order valence-electron chi connectivity index (χ1n) is 10.5. The van der Waals surface area contributed by atoms with E-state index in [2.05, 4.69) is 19.1 Å². The van der Waals surface area contributed by atoms with Crippen LogP contribution >= 0.6 is 0 Å². The highest BCUT2D eigenvalue weighted by Gasteiger charge is 2.23. The number of hydrogen-bond acceptors (Lipinski definition) is 4. The Morgan fingerprint density at radius 3 is 2.00 bits per heavy atom. The molecule has 1 atom stereocenters. The molecule has 0 aromatic heterocycles. The Kier molecular flexibility index (Phi) is 8.69. The molecule has 0 aliphatic carbocycles. The molecule has 0 saturated carbocycles. The lowest BCUT2D eigenvalue weighted by atomic mass is 9.90. The first kappa shape index (κ1) is 23.4. The van der Waals surface area contributed by atoms with Crippen LogP contribution in [0, 0.1) is 5.41 Å². The zero-order valence-corrected chi connectivity index (χ0v) is 18.2. The molecule has 0 amide bonds. The molecule has 0 radical (unpaired) electrons. The van der Waals surface area contributed by atoms with E-state index in [4.69, 9.17) is 4.74 Å². The maximum Gasteiger partial charge on any atom is 0.122 e. The lowest BCUT2D eigenvalue weighted by Crippen LogP contribution is -2.32. The summed E-state index contributed by atoms with van der Waals surface area (Å²) < 4.78 is 5.90. The highest BCUT2D eigenvalue weighted by atomic mass is 16.5.